The molecular formula is C26H31FN2OS2. The predicted molar refractivity (Wildman–Crippen MR) is 132 cm³/mol. The van der Waals surface area contributed by atoms with Crippen LogP contribution in [0.4, 0.5) is 4.39 Å². The Balaban J connectivity index is 1.19. The van der Waals surface area contributed by atoms with Gasteiger partial charge >= 0.3 is 0 Å². The highest BCUT2D eigenvalue weighted by Crippen LogP contribution is 2.37. The van der Waals surface area contributed by atoms with Gasteiger partial charge in [-0.1, -0.05) is 13.0 Å². The summed E-state index contributed by atoms with van der Waals surface area (Å²) in [4.78, 5) is 20.9. The second kappa shape index (κ2) is 9.24. The van der Waals surface area contributed by atoms with E-state index >= 15 is 0 Å². The number of piperidine rings is 1. The molecule has 170 valence electrons. The fourth-order valence-electron chi connectivity index (χ4n) is 5.31. The van der Waals surface area contributed by atoms with Crippen molar-refractivity contribution in [3.8, 4) is 0 Å². The van der Waals surface area contributed by atoms with Crippen LogP contribution < -0.4 is 0 Å². The number of likely N-dealkylation sites (tertiary alicyclic amines) is 1. The van der Waals surface area contributed by atoms with E-state index in [9.17, 15) is 9.18 Å². The van der Waals surface area contributed by atoms with Gasteiger partial charge in [-0.2, -0.15) is 0 Å². The zero-order valence-corrected chi connectivity index (χ0v) is 20.6. The van der Waals surface area contributed by atoms with Crippen LogP contribution >= 0.6 is 22.7 Å². The number of nitrogens with zero attached hydrogens (tertiary/aromatic N) is 2. The molecule has 5 rings (SSSR count). The molecule has 3 nitrogen and oxygen atoms in total. The Labute approximate surface area is 197 Å². The molecule has 1 fully saturated rings. The molecule has 1 aromatic carbocycles. The predicted octanol–water partition coefficient (Wildman–Crippen LogP) is 5.99. The van der Waals surface area contributed by atoms with Crippen molar-refractivity contribution in [3.05, 3.63) is 55.8 Å². The number of benzene rings is 1. The van der Waals surface area contributed by atoms with E-state index in [1.165, 1.54) is 44.0 Å². The number of thiophene rings is 2. The maximum Gasteiger partial charge on any atom is 0.219 e. The van der Waals surface area contributed by atoms with E-state index in [1.54, 1.807) is 30.4 Å². The van der Waals surface area contributed by atoms with Crippen LogP contribution in [0, 0.1) is 5.82 Å². The van der Waals surface area contributed by atoms with Gasteiger partial charge < -0.3 is 9.80 Å². The standard InChI is InChI=1S/C26H31FN2OS2/c1-3-21-22-16-29(17(2)30)13-9-24(22)31-23(21)8-12-28-10-6-18(7-11-28)25-14-19-4-5-20(27)15-26(19)32-25/h4-5,14-15,18H,3,6-13,16H2,1-2H3. The van der Waals surface area contributed by atoms with Crippen LogP contribution in [0.5, 0.6) is 0 Å². The molecule has 0 atom stereocenters. The molecule has 0 unspecified atom stereocenters. The number of rotatable bonds is 5. The first-order valence-electron chi connectivity index (χ1n) is 11.8. The molecule has 3 aromatic rings. The third-order valence-corrected chi connectivity index (χ3v) is 9.84. The third-order valence-electron chi connectivity index (χ3n) is 7.19. The van der Waals surface area contributed by atoms with Crippen molar-refractivity contribution in [1.82, 2.24) is 9.80 Å². The molecule has 0 spiro atoms. The molecule has 2 aliphatic rings. The zero-order chi connectivity index (χ0) is 22.2. The maximum absolute atomic E-state index is 13.5. The van der Waals surface area contributed by atoms with E-state index in [0.717, 1.165) is 56.7 Å². The van der Waals surface area contributed by atoms with Crippen molar-refractivity contribution in [2.45, 2.75) is 58.4 Å². The average molecular weight is 471 g/mol. The summed E-state index contributed by atoms with van der Waals surface area (Å²) < 4.78 is 14.6. The van der Waals surface area contributed by atoms with E-state index < -0.39 is 0 Å². The minimum atomic E-state index is -0.142. The summed E-state index contributed by atoms with van der Waals surface area (Å²) in [6.07, 6.45) is 5.56. The summed E-state index contributed by atoms with van der Waals surface area (Å²) in [7, 11) is 0. The Morgan fingerprint density at radius 1 is 1.16 bits per heavy atom. The van der Waals surface area contributed by atoms with Gasteiger partial charge in [0.2, 0.25) is 5.91 Å². The number of hydrogen-bond acceptors (Lipinski definition) is 4. The van der Waals surface area contributed by atoms with Crippen LogP contribution in [0.2, 0.25) is 0 Å². The number of carbonyl (C=O) groups excluding carboxylic acids is 1. The number of fused-ring (bicyclic) bond motifs is 2. The molecule has 1 saturated heterocycles. The van der Waals surface area contributed by atoms with Gasteiger partial charge in [0.15, 0.2) is 0 Å². The highest BCUT2D eigenvalue weighted by molar-refractivity contribution is 7.19. The fraction of sp³-hybridized carbons (Fsp3) is 0.500. The van der Waals surface area contributed by atoms with E-state index in [4.69, 9.17) is 0 Å². The zero-order valence-electron chi connectivity index (χ0n) is 19.0. The van der Waals surface area contributed by atoms with Crippen LogP contribution in [0.25, 0.3) is 10.1 Å². The summed E-state index contributed by atoms with van der Waals surface area (Å²) in [6, 6.07) is 7.40. The summed E-state index contributed by atoms with van der Waals surface area (Å²) in [6.45, 7) is 8.99. The molecule has 2 aliphatic heterocycles. The monoisotopic (exact) mass is 470 g/mol. The first-order valence-corrected chi connectivity index (χ1v) is 13.4. The molecule has 0 saturated carbocycles. The van der Waals surface area contributed by atoms with Gasteiger partial charge in [0.1, 0.15) is 5.82 Å². The Kier molecular flexibility index (Phi) is 6.37. The SMILES string of the molecule is CCc1c(CCN2CCC(c3cc4ccc(F)cc4s3)CC2)sc2c1CN(C(C)=O)CC2. The van der Waals surface area contributed by atoms with Gasteiger partial charge in [-0.15, -0.1) is 22.7 Å². The Hall–Kier alpha value is -1.76. The van der Waals surface area contributed by atoms with Crippen LogP contribution in [0.1, 0.15) is 58.4 Å². The molecule has 0 N–H and O–H groups in total. The molecule has 0 radical (unpaired) electrons. The van der Waals surface area contributed by atoms with E-state index in [1.807, 2.05) is 22.3 Å². The lowest BCUT2D eigenvalue weighted by Gasteiger charge is -2.31. The largest absolute Gasteiger partial charge is 0.338 e. The normalized spacial score (nSPS) is 17.8. The lowest BCUT2D eigenvalue weighted by Crippen LogP contribution is -2.34. The van der Waals surface area contributed by atoms with Crippen molar-refractivity contribution >= 4 is 38.7 Å². The minimum absolute atomic E-state index is 0.142. The number of amides is 1. The van der Waals surface area contributed by atoms with Gasteiger partial charge in [-0.05, 0) is 85.8 Å². The van der Waals surface area contributed by atoms with Gasteiger partial charge in [-0.3, -0.25) is 4.79 Å². The van der Waals surface area contributed by atoms with E-state index in [-0.39, 0.29) is 11.7 Å². The Morgan fingerprint density at radius 3 is 2.72 bits per heavy atom. The summed E-state index contributed by atoms with van der Waals surface area (Å²) >= 11 is 3.76. The summed E-state index contributed by atoms with van der Waals surface area (Å²) in [5.74, 6) is 0.651. The first kappa shape index (κ1) is 22.1. The molecule has 0 bridgehead atoms. The van der Waals surface area contributed by atoms with Crippen molar-refractivity contribution in [2.75, 3.05) is 26.2 Å². The van der Waals surface area contributed by atoms with E-state index in [2.05, 4.69) is 17.9 Å². The van der Waals surface area contributed by atoms with Crippen molar-refractivity contribution in [3.63, 3.8) is 0 Å². The van der Waals surface area contributed by atoms with Gasteiger partial charge in [0.05, 0.1) is 0 Å². The number of hydrogen-bond donors (Lipinski definition) is 0. The quantitative estimate of drug-likeness (QED) is 0.457. The smallest absolute Gasteiger partial charge is 0.219 e. The molecule has 32 heavy (non-hydrogen) atoms. The summed E-state index contributed by atoms with van der Waals surface area (Å²) in [5.41, 5.74) is 2.94. The Bertz CT molecular complexity index is 1130. The average Bonchev–Trinajstić information content (AvgIpc) is 3.37. The second-order valence-corrected chi connectivity index (χ2v) is 11.5. The molecule has 6 heteroatoms. The highest BCUT2D eigenvalue weighted by Gasteiger charge is 2.26. The minimum Gasteiger partial charge on any atom is -0.338 e. The summed E-state index contributed by atoms with van der Waals surface area (Å²) in [5, 5.41) is 1.17. The topological polar surface area (TPSA) is 23.6 Å². The number of carbonyl (C=O) groups is 1. The number of halogens is 1. The lowest BCUT2D eigenvalue weighted by molar-refractivity contribution is -0.129. The molecule has 0 aliphatic carbocycles. The van der Waals surface area contributed by atoms with Crippen LogP contribution in [-0.4, -0.2) is 41.9 Å². The van der Waals surface area contributed by atoms with Gasteiger partial charge in [-0.25, -0.2) is 4.39 Å². The van der Waals surface area contributed by atoms with Crippen LogP contribution in [0.15, 0.2) is 24.3 Å². The molecule has 2 aromatic heterocycles. The van der Waals surface area contributed by atoms with E-state index in [0.29, 0.717) is 5.92 Å². The van der Waals surface area contributed by atoms with Crippen LogP contribution in [-0.2, 0) is 30.6 Å². The van der Waals surface area contributed by atoms with Crippen molar-refractivity contribution in [1.29, 1.82) is 0 Å². The molecular weight excluding hydrogens is 439 g/mol. The lowest BCUT2D eigenvalue weighted by atomic mass is 9.94. The second-order valence-electron chi connectivity index (χ2n) is 9.15. The molecule has 4 heterocycles. The third kappa shape index (κ3) is 4.37. The molecule has 1 amide bonds. The van der Waals surface area contributed by atoms with Crippen molar-refractivity contribution in [2.24, 2.45) is 0 Å². The van der Waals surface area contributed by atoms with Gasteiger partial charge in [0, 0.05) is 45.9 Å². The fourth-order valence-corrected chi connectivity index (χ4v) is 7.95. The highest BCUT2D eigenvalue weighted by atomic mass is 32.1. The first-order chi connectivity index (χ1) is 15.5. The Morgan fingerprint density at radius 2 is 1.97 bits per heavy atom. The maximum atomic E-state index is 13.5. The van der Waals surface area contributed by atoms with Gasteiger partial charge in [0.25, 0.3) is 0 Å². The van der Waals surface area contributed by atoms with Crippen LogP contribution in [0.3, 0.4) is 0 Å². The van der Waals surface area contributed by atoms with Crippen molar-refractivity contribution < 1.29 is 9.18 Å².